The molecule has 2 rings (SSSR count). The molecule has 86 valence electrons. The van der Waals surface area contributed by atoms with Crippen molar-refractivity contribution < 1.29 is 9.53 Å². The van der Waals surface area contributed by atoms with Crippen LogP contribution in [0.25, 0.3) is 0 Å². The van der Waals surface area contributed by atoms with Crippen molar-refractivity contribution in [3.05, 3.63) is 28.2 Å². The van der Waals surface area contributed by atoms with Gasteiger partial charge in [0, 0.05) is 0 Å². The molecule has 1 saturated carbocycles. The Kier molecular flexibility index (Phi) is 3.72. The first-order valence-corrected chi connectivity index (χ1v) is 6.10. The lowest BCUT2D eigenvalue weighted by atomic mass is 10.1. The number of halogens is 2. The van der Waals surface area contributed by atoms with Gasteiger partial charge in [0.05, 0.1) is 10.9 Å². The van der Waals surface area contributed by atoms with Crippen LogP contribution in [0.15, 0.2) is 18.2 Å². The van der Waals surface area contributed by atoms with Gasteiger partial charge < -0.3 is 4.74 Å². The standard InChI is InChI=1S/C12H12Cl2O2/c13-9-6-3-7-10(11(9)14)16-12(15)8-4-1-2-5-8/h3,6-8H,1-2,4-5H2. The Labute approximate surface area is 104 Å². The molecule has 0 N–H and O–H groups in total. The lowest BCUT2D eigenvalue weighted by molar-refractivity contribution is -0.138. The highest BCUT2D eigenvalue weighted by Gasteiger charge is 2.25. The SMILES string of the molecule is O=C(Oc1cccc(Cl)c1Cl)C1CCCC1. The molecule has 0 heterocycles. The smallest absolute Gasteiger partial charge is 0.314 e. The van der Waals surface area contributed by atoms with E-state index in [1.54, 1.807) is 18.2 Å². The molecular weight excluding hydrogens is 247 g/mol. The Morgan fingerprint density at radius 3 is 2.62 bits per heavy atom. The Hall–Kier alpha value is -0.730. The summed E-state index contributed by atoms with van der Waals surface area (Å²) in [6.07, 6.45) is 4.03. The van der Waals surface area contributed by atoms with Crippen LogP contribution in [0.3, 0.4) is 0 Å². The minimum absolute atomic E-state index is 0.0232. The fourth-order valence-electron chi connectivity index (χ4n) is 1.92. The number of rotatable bonds is 2. The molecular formula is C12H12Cl2O2. The van der Waals surface area contributed by atoms with Gasteiger partial charge in [0.25, 0.3) is 0 Å². The molecule has 1 aromatic rings. The summed E-state index contributed by atoms with van der Waals surface area (Å²) in [6, 6.07) is 5.03. The second kappa shape index (κ2) is 5.07. The summed E-state index contributed by atoms with van der Waals surface area (Å²) in [4.78, 5) is 11.8. The van der Waals surface area contributed by atoms with E-state index in [1.807, 2.05) is 0 Å². The van der Waals surface area contributed by atoms with Gasteiger partial charge in [0.2, 0.25) is 0 Å². The molecule has 0 spiro atoms. The van der Waals surface area contributed by atoms with Gasteiger partial charge in [-0.2, -0.15) is 0 Å². The number of carbonyl (C=O) groups is 1. The Morgan fingerprint density at radius 1 is 1.25 bits per heavy atom. The summed E-state index contributed by atoms with van der Waals surface area (Å²) in [5, 5.41) is 0.703. The topological polar surface area (TPSA) is 26.3 Å². The van der Waals surface area contributed by atoms with Gasteiger partial charge in [-0.05, 0) is 25.0 Å². The molecule has 1 aromatic carbocycles. The van der Waals surface area contributed by atoms with E-state index in [0.29, 0.717) is 15.8 Å². The van der Waals surface area contributed by atoms with Crippen LogP contribution in [0, 0.1) is 5.92 Å². The monoisotopic (exact) mass is 258 g/mol. The van der Waals surface area contributed by atoms with Crippen molar-refractivity contribution in [2.45, 2.75) is 25.7 Å². The predicted octanol–water partition coefficient (Wildman–Crippen LogP) is 4.09. The number of ether oxygens (including phenoxy) is 1. The van der Waals surface area contributed by atoms with Crippen molar-refractivity contribution in [1.82, 2.24) is 0 Å². The average molecular weight is 259 g/mol. The van der Waals surface area contributed by atoms with Gasteiger partial charge in [-0.3, -0.25) is 4.79 Å². The van der Waals surface area contributed by atoms with Gasteiger partial charge in [-0.1, -0.05) is 42.1 Å². The Bertz CT molecular complexity index is 398. The minimum Gasteiger partial charge on any atom is -0.425 e. The van der Waals surface area contributed by atoms with Crippen LogP contribution in [-0.4, -0.2) is 5.97 Å². The summed E-state index contributed by atoms with van der Waals surface area (Å²) in [7, 11) is 0. The maximum Gasteiger partial charge on any atom is 0.314 e. The van der Waals surface area contributed by atoms with Gasteiger partial charge in [0.1, 0.15) is 5.02 Å². The lowest BCUT2D eigenvalue weighted by Crippen LogP contribution is -2.17. The van der Waals surface area contributed by atoms with E-state index in [-0.39, 0.29) is 11.9 Å². The zero-order chi connectivity index (χ0) is 11.5. The van der Waals surface area contributed by atoms with Gasteiger partial charge in [-0.15, -0.1) is 0 Å². The molecule has 0 aliphatic heterocycles. The van der Waals surface area contributed by atoms with Crippen LogP contribution in [-0.2, 0) is 4.79 Å². The molecule has 0 radical (unpaired) electrons. The average Bonchev–Trinajstić information content (AvgIpc) is 2.78. The lowest BCUT2D eigenvalue weighted by Gasteiger charge is -2.10. The number of esters is 1. The number of hydrogen-bond donors (Lipinski definition) is 0. The van der Waals surface area contributed by atoms with Crippen LogP contribution in [0.5, 0.6) is 5.75 Å². The Morgan fingerprint density at radius 2 is 1.94 bits per heavy atom. The van der Waals surface area contributed by atoms with E-state index in [9.17, 15) is 4.79 Å². The van der Waals surface area contributed by atoms with Gasteiger partial charge >= 0.3 is 5.97 Å². The van der Waals surface area contributed by atoms with Crippen LogP contribution in [0.4, 0.5) is 0 Å². The van der Waals surface area contributed by atoms with E-state index in [1.165, 1.54) is 0 Å². The van der Waals surface area contributed by atoms with Crippen molar-refractivity contribution in [2.24, 2.45) is 5.92 Å². The normalized spacial score (nSPS) is 16.4. The fraction of sp³-hybridized carbons (Fsp3) is 0.417. The maximum atomic E-state index is 11.8. The molecule has 0 aromatic heterocycles. The first-order valence-electron chi connectivity index (χ1n) is 5.34. The van der Waals surface area contributed by atoms with Crippen LogP contribution >= 0.6 is 23.2 Å². The predicted molar refractivity (Wildman–Crippen MR) is 64.1 cm³/mol. The van der Waals surface area contributed by atoms with E-state index in [4.69, 9.17) is 27.9 Å². The van der Waals surface area contributed by atoms with Crippen LogP contribution in [0.2, 0.25) is 10.0 Å². The number of hydrogen-bond acceptors (Lipinski definition) is 2. The molecule has 4 heteroatoms. The summed E-state index contributed by atoms with van der Waals surface area (Å²) < 4.78 is 5.25. The molecule has 1 fully saturated rings. The van der Waals surface area contributed by atoms with Crippen molar-refractivity contribution in [2.75, 3.05) is 0 Å². The van der Waals surface area contributed by atoms with Crippen LogP contribution in [0.1, 0.15) is 25.7 Å². The zero-order valence-corrected chi connectivity index (χ0v) is 10.2. The molecule has 0 bridgehead atoms. The first kappa shape index (κ1) is 11.7. The number of benzene rings is 1. The molecule has 1 aliphatic carbocycles. The fourth-order valence-corrected chi connectivity index (χ4v) is 2.25. The van der Waals surface area contributed by atoms with Crippen LogP contribution < -0.4 is 4.74 Å². The second-order valence-electron chi connectivity index (χ2n) is 3.95. The minimum atomic E-state index is -0.193. The van der Waals surface area contributed by atoms with E-state index >= 15 is 0 Å². The third-order valence-corrected chi connectivity index (χ3v) is 3.62. The largest absolute Gasteiger partial charge is 0.425 e. The molecule has 0 amide bonds. The third kappa shape index (κ3) is 2.50. The van der Waals surface area contributed by atoms with Gasteiger partial charge in [0.15, 0.2) is 5.75 Å². The highest BCUT2D eigenvalue weighted by molar-refractivity contribution is 6.43. The van der Waals surface area contributed by atoms with Crippen molar-refractivity contribution in [3.8, 4) is 5.75 Å². The molecule has 0 atom stereocenters. The third-order valence-electron chi connectivity index (χ3n) is 2.82. The van der Waals surface area contributed by atoms with Crippen molar-refractivity contribution in [1.29, 1.82) is 0 Å². The second-order valence-corrected chi connectivity index (χ2v) is 4.74. The molecule has 1 aliphatic rings. The molecule has 0 unspecified atom stereocenters. The highest BCUT2D eigenvalue weighted by atomic mass is 35.5. The van der Waals surface area contributed by atoms with E-state index in [2.05, 4.69) is 0 Å². The molecule has 16 heavy (non-hydrogen) atoms. The summed E-state index contributed by atoms with van der Waals surface area (Å²) in [5.74, 6) is 0.183. The first-order chi connectivity index (χ1) is 7.68. The van der Waals surface area contributed by atoms with Crippen molar-refractivity contribution >= 4 is 29.2 Å². The van der Waals surface area contributed by atoms with Gasteiger partial charge in [-0.25, -0.2) is 0 Å². The quantitative estimate of drug-likeness (QED) is 0.590. The zero-order valence-electron chi connectivity index (χ0n) is 8.71. The molecule has 2 nitrogen and oxygen atoms in total. The summed E-state index contributed by atoms with van der Waals surface area (Å²) in [5.41, 5.74) is 0. The van der Waals surface area contributed by atoms with Crippen molar-refractivity contribution in [3.63, 3.8) is 0 Å². The Balaban J connectivity index is 2.08. The summed E-state index contributed by atoms with van der Waals surface area (Å²) >= 11 is 11.8. The highest BCUT2D eigenvalue weighted by Crippen LogP contribution is 2.33. The van der Waals surface area contributed by atoms with E-state index < -0.39 is 0 Å². The molecule has 0 saturated heterocycles. The van der Waals surface area contributed by atoms with E-state index in [0.717, 1.165) is 25.7 Å². The maximum absolute atomic E-state index is 11.8. The summed E-state index contributed by atoms with van der Waals surface area (Å²) in [6.45, 7) is 0. The number of carbonyl (C=O) groups excluding carboxylic acids is 1.